The fraction of sp³-hybridized carbons (Fsp3) is 0. The van der Waals surface area contributed by atoms with Crippen molar-refractivity contribution in [2.24, 2.45) is 9.98 Å². The molecule has 3 aromatic rings. The van der Waals surface area contributed by atoms with Crippen LogP contribution >= 0.6 is 0 Å². The third kappa shape index (κ3) is 5.47. The average Bonchev–Trinajstić information content (AvgIpc) is 2.74. The van der Waals surface area contributed by atoms with Crippen LogP contribution in [0, 0.1) is 0 Å². The maximum absolute atomic E-state index is 10.3. The maximum Gasteiger partial charge on any atom is 0.298 e. The molecule has 0 fully saturated rings. The Labute approximate surface area is 161 Å². The number of aliphatic imine (C=N–C) groups is 2. The Bertz CT molecular complexity index is 915. The van der Waals surface area contributed by atoms with Gasteiger partial charge in [0.25, 0.3) is 12.9 Å². The first-order valence-electron chi connectivity index (χ1n) is 8.36. The normalized spacial score (nSPS) is 10.9. The molecule has 6 nitrogen and oxygen atoms in total. The van der Waals surface area contributed by atoms with E-state index in [1.54, 1.807) is 36.7 Å². The van der Waals surface area contributed by atoms with Gasteiger partial charge in [-0.15, -0.1) is 0 Å². The summed E-state index contributed by atoms with van der Waals surface area (Å²) in [6.07, 6.45) is 3.44. The van der Waals surface area contributed by atoms with Gasteiger partial charge in [-0.3, -0.25) is 19.6 Å². The van der Waals surface area contributed by atoms with Crippen LogP contribution < -0.4 is 9.47 Å². The lowest BCUT2D eigenvalue weighted by atomic mass is 10.2. The van der Waals surface area contributed by atoms with Crippen LogP contribution in [0.3, 0.4) is 0 Å². The zero-order chi connectivity index (χ0) is 19.6. The number of hydrogen-bond acceptors (Lipinski definition) is 6. The van der Waals surface area contributed by atoms with Crippen LogP contribution in [0.15, 0.2) is 82.8 Å². The molecule has 0 unspecified atom stereocenters. The van der Waals surface area contributed by atoms with E-state index in [0.717, 1.165) is 22.5 Å². The molecular formula is C22H16N2O4. The second kappa shape index (κ2) is 9.59. The predicted octanol–water partition coefficient (Wildman–Crippen LogP) is 4.26. The third-order valence-electron chi connectivity index (χ3n) is 3.68. The summed E-state index contributed by atoms with van der Waals surface area (Å²) >= 11 is 0. The molecule has 0 atom stereocenters. The van der Waals surface area contributed by atoms with E-state index >= 15 is 0 Å². The Kier molecular flexibility index (Phi) is 6.41. The van der Waals surface area contributed by atoms with Crippen molar-refractivity contribution in [1.29, 1.82) is 0 Å². The Morgan fingerprint density at radius 1 is 0.607 bits per heavy atom. The molecule has 0 radical (unpaired) electrons. The van der Waals surface area contributed by atoms with E-state index in [4.69, 9.17) is 9.47 Å². The largest absolute Gasteiger partial charge is 0.429 e. The third-order valence-corrected chi connectivity index (χ3v) is 3.68. The Hall–Kier alpha value is -4.06. The molecule has 28 heavy (non-hydrogen) atoms. The number of hydrogen-bond donors (Lipinski definition) is 0. The summed E-state index contributed by atoms with van der Waals surface area (Å²) in [6, 6.07) is 21.5. The minimum Gasteiger partial charge on any atom is -0.429 e. The molecule has 0 bridgehead atoms. The van der Waals surface area contributed by atoms with Crippen molar-refractivity contribution >= 4 is 36.7 Å². The average molecular weight is 372 g/mol. The van der Waals surface area contributed by atoms with Gasteiger partial charge >= 0.3 is 0 Å². The zero-order valence-corrected chi connectivity index (χ0v) is 14.8. The van der Waals surface area contributed by atoms with Gasteiger partial charge in [-0.2, -0.15) is 0 Å². The molecule has 6 heteroatoms. The van der Waals surface area contributed by atoms with Crippen LogP contribution in [-0.2, 0) is 9.59 Å². The lowest BCUT2D eigenvalue weighted by Crippen LogP contribution is -1.88. The van der Waals surface area contributed by atoms with Crippen LogP contribution in [0.25, 0.3) is 0 Å². The topological polar surface area (TPSA) is 77.3 Å². The summed E-state index contributed by atoms with van der Waals surface area (Å²) in [4.78, 5) is 29.5. The Morgan fingerprint density at radius 3 is 1.43 bits per heavy atom. The molecule has 0 saturated heterocycles. The smallest absolute Gasteiger partial charge is 0.298 e. The highest BCUT2D eigenvalue weighted by Gasteiger charge is 1.96. The highest BCUT2D eigenvalue weighted by Crippen LogP contribution is 2.21. The van der Waals surface area contributed by atoms with Crippen molar-refractivity contribution in [1.82, 2.24) is 0 Å². The molecule has 0 aliphatic rings. The van der Waals surface area contributed by atoms with Crippen LogP contribution in [0.2, 0.25) is 0 Å². The van der Waals surface area contributed by atoms with E-state index in [0.29, 0.717) is 24.4 Å². The molecular weight excluding hydrogens is 356 g/mol. The summed E-state index contributed by atoms with van der Waals surface area (Å²) < 4.78 is 9.52. The molecule has 0 aliphatic heterocycles. The molecule has 0 amide bonds. The molecule has 0 N–H and O–H groups in total. The first-order chi connectivity index (χ1) is 13.8. The lowest BCUT2D eigenvalue weighted by molar-refractivity contribution is -0.121. The van der Waals surface area contributed by atoms with Gasteiger partial charge in [-0.25, -0.2) is 0 Å². The number of ether oxygens (including phenoxy) is 2. The van der Waals surface area contributed by atoms with Crippen LogP contribution in [0.1, 0.15) is 11.1 Å². The quantitative estimate of drug-likeness (QED) is 0.437. The minimum absolute atomic E-state index is 0.391. The van der Waals surface area contributed by atoms with Crippen LogP contribution in [0.4, 0.5) is 11.4 Å². The van der Waals surface area contributed by atoms with E-state index in [-0.39, 0.29) is 0 Å². The van der Waals surface area contributed by atoms with Gasteiger partial charge in [-0.05, 0) is 77.9 Å². The second-order valence-corrected chi connectivity index (χ2v) is 5.60. The van der Waals surface area contributed by atoms with Crippen molar-refractivity contribution in [2.75, 3.05) is 0 Å². The van der Waals surface area contributed by atoms with Crippen molar-refractivity contribution in [3.63, 3.8) is 0 Å². The second-order valence-electron chi connectivity index (χ2n) is 5.60. The first kappa shape index (κ1) is 18.7. The highest BCUT2D eigenvalue weighted by atomic mass is 16.5. The summed E-state index contributed by atoms with van der Waals surface area (Å²) in [6.45, 7) is 0.783. The number of benzene rings is 3. The predicted molar refractivity (Wildman–Crippen MR) is 107 cm³/mol. The van der Waals surface area contributed by atoms with Gasteiger partial charge in [0.15, 0.2) is 0 Å². The van der Waals surface area contributed by atoms with E-state index in [1.807, 2.05) is 48.5 Å². The SMILES string of the molecule is O=COc1ccc(C=Nc2cccc(N=Cc3ccc(OC=O)cc3)c2)cc1. The van der Waals surface area contributed by atoms with E-state index in [1.165, 1.54) is 0 Å². The molecule has 0 heterocycles. The van der Waals surface area contributed by atoms with Gasteiger partial charge in [0, 0.05) is 12.4 Å². The maximum atomic E-state index is 10.3. The summed E-state index contributed by atoms with van der Waals surface area (Å²) in [7, 11) is 0. The standard InChI is InChI=1S/C22H16N2O4/c25-15-27-21-8-4-17(5-9-21)13-23-19-2-1-3-20(12-19)24-14-18-6-10-22(11-7-18)28-16-26/h1-16H. The molecule has 0 saturated carbocycles. The monoisotopic (exact) mass is 372 g/mol. The summed E-state index contributed by atoms with van der Waals surface area (Å²) in [5.41, 5.74) is 3.28. The Morgan fingerprint density at radius 2 is 1.04 bits per heavy atom. The molecule has 0 aliphatic carbocycles. The molecule has 3 aromatic carbocycles. The van der Waals surface area contributed by atoms with Gasteiger partial charge in [0.05, 0.1) is 11.4 Å². The van der Waals surface area contributed by atoms with Crippen molar-refractivity contribution in [3.8, 4) is 11.5 Å². The highest BCUT2D eigenvalue weighted by molar-refractivity contribution is 5.84. The van der Waals surface area contributed by atoms with Gasteiger partial charge in [0.2, 0.25) is 0 Å². The number of carbonyl (C=O) groups is 2. The number of carbonyl (C=O) groups excluding carboxylic acids is 2. The minimum atomic E-state index is 0.391. The number of rotatable bonds is 8. The molecule has 3 rings (SSSR count). The van der Waals surface area contributed by atoms with Crippen LogP contribution in [-0.4, -0.2) is 25.4 Å². The number of nitrogens with zero attached hydrogens (tertiary/aromatic N) is 2. The van der Waals surface area contributed by atoms with E-state index in [2.05, 4.69) is 9.98 Å². The first-order valence-corrected chi connectivity index (χ1v) is 8.36. The van der Waals surface area contributed by atoms with E-state index in [9.17, 15) is 9.59 Å². The fourth-order valence-electron chi connectivity index (χ4n) is 2.33. The zero-order valence-electron chi connectivity index (χ0n) is 14.8. The summed E-state index contributed by atoms with van der Waals surface area (Å²) in [5, 5.41) is 0. The van der Waals surface area contributed by atoms with Crippen molar-refractivity contribution < 1.29 is 19.1 Å². The fourth-order valence-corrected chi connectivity index (χ4v) is 2.33. The van der Waals surface area contributed by atoms with Gasteiger partial charge < -0.3 is 9.47 Å². The van der Waals surface area contributed by atoms with E-state index < -0.39 is 0 Å². The van der Waals surface area contributed by atoms with Gasteiger partial charge in [0.1, 0.15) is 11.5 Å². The summed E-state index contributed by atoms with van der Waals surface area (Å²) in [5.74, 6) is 0.962. The van der Waals surface area contributed by atoms with Gasteiger partial charge in [-0.1, -0.05) is 6.07 Å². The van der Waals surface area contributed by atoms with Crippen molar-refractivity contribution in [3.05, 3.63) is 83.9 Å². The molecule has 0 spiro atoms. The molecule has 138 valence electrons. The lowest BCUT2D eigenvalue weighted by Gasteiger charge is -2.00. The molecule has 0 aromatic heterocycles. The van der Waals surface area contributed by atoms with Crippen LogP contribution in [0.5, 0.6) is 11.5 Å². The van der Waals surface area contributed by atoms with Crippen molar-refractivity contribution in [2.45, 2.75) is 0 Å². The Balaban J connectivity index is 1.67.